The Morgan fingerprint density at radius 3 is 2.04 bits per heavy atom. The van der Waals surface area contributed by atoms with Crippen LogP contribution in [0.15, 0.2) is 70.5 Å². The second kappa shape index (κ2) is 12.1. The number of benzene rings is 2. The molecule has 0 fully saturated rings. The summed E-state index contributed by atoms with van der Waals surface area (Å²) in [6.07, 6.45) is 2.24. The zero-order valence-electron chi connectivity index (χ0n) is 13.1. The minimum Gasteiger partial charge on any atom is -0.254 e. The summed E-state index contributed by atoms with van der Waals surface area (Å²) in [5, 5.41) is 0. The maximum atomic E-state index is 12.0. The van der Waals surface area contributed by atoms with Crippen molar-refractivity contribution in [3.8, 4) is 0 Å². The SMILES string of the molecule is O=S(CCCSSCCCSc1ccccc1)c1ccccc1. The van der Waals surface area contributed by atoms with Crippen molar-refractivity contribution in [3.63, 3.8) is 0 Å². The quantitative estimate of drug-likeness (QED) is 0.279. The van der Waals surface area contributed by atoms with Crippen LogP contribution in [-0.4, -0.2) is 27.2 Å². The molecule has 0 spiro atoms. The third-order valence-electron chi connectivity index (χ3n) is 3.03. The molecule has 2 aromatic rings. The highest BCUT2D eigenvalue weighted by Gasteiger charge is 2.02. The lowest BCUT2D eigenvalue weighted by Gasteiger charge is -2.03. The van der Waals surface area contributed by atoms with E-state index in [2.05, 4.69) is 30.3 Å². The predicted octanol–water partition coefficient (Wildman–Crippen LogP) is 5.75. The molecule has 23 heavy (non-hydrogen) atoms. The summed E-state index contributed by atoms with van der Waals surface area (Å²) in [5.41, 5.74) is 0. The van der Waals surface area contributed by atoms with Crippen molar-refractivity contribution in [1.29, 1.82) is 0 Å². The first kappa shape index (κ1) is 19.0. The van der Waals surface area contributed by atoms with Gasteiger partial charge in [-0.25, -0.2) is 0 Å². The van der Waals surface area contributed by atoms with E-state index >= 15 is 0 Å². The molecule has 1 nitrogen and oxygen atoms in total. The fraction of sp³-hybridized carbons (Fsp3) is 0.333. The summed E-state index contributed by atoms with van der Waals surface area (Å²) in [7, 11) is 3.01. The predicted molar refractivity (Wildman–Crippen MR) is 109 cm³/mol. The van der Waals surface area contributed by atoms with Gasteiger partial charge in [0.1, 0.15) is 0 Å². The molecule has 2 rings (SSSR count). The Morgan fingerprint density at radius 2 is 1.35 bits per heavy atom. The Hall–Kier alpha value is -0.360. The van der Waals surface area contributed by atoms with E-state index in [-0.39, 0.29) is 0 Å². The highest BCUT2D eigenvalue weighted by Crippen LogP contribution is 2.25. The van der Waals surface area contributed by atoms with Gasteiger partial charge >= 0.3 is 0 Å². The van der Waals surface area contributed by atoms with Crippen LogP contribution in [0.5, 0.6) is 0 Å². The van der Waals surface area contributed by atoms with Gasteiger partial charge in [-0.15, -0.1) is 11.8 Å². The normalized spacial score (nSPS) is 12.2. The van der Waals surface area contributed by atoms with Crippen molar-refractivity contribution in [3.05, 3.63) is 60.7 Å². The lowest BCUT2D eigenvalue weighted by molar-refractivity contribution is 0.682. The molecule has 0 aliphatic heterocycles. The Labute approximate surface area is 154 Å². The zero-order valence-corrected chi connectivity index (χ0v) is 16.3. The Morgan fingerprint density at radius 1 is 0.739 bits per heavy atom. The van der Waals surface area contributed by atoms with Crippen LogP contribution in [0.3, 0.4) is 0 Å². The van der Waals surface area contributed by atoms with E-state index in [0.717, 1.165) is 22.8 Å². The third-order valence-corrected chi connectivity index (χ3v) is 8.16. The molecule has 0 N–H and O–H groups in total. The molecule has 0 heterocycles. The molecule has 0 radical (unpaired) electrons. The molecule has 0 bridgehead atoms. The molecule has 5 heteroatoms. The van der Waals surface area contributed by atoms with E-state index < -0.39 is 10.8 Å². The van der Waals surface area contributed by atoms with Gasteiger partial charge in [0, 0.05) is 27.0 Å². The molecule has 1 unspecified atom stereocenters. The molecule has 0 saturated heterocycles. The summed E-state index contributed by atoms with van der Waals surface area (Å²) >= 11 is 1.93. The average molecular weight is 383 g/mol. The monoisotopic (exact) mass is 382 g/mol. The fourth-order valence-corrected chi connectivity index (χ4v) is 6.40. The molecule has 0 aromatic heterocycles. The van der Waals surface area contributed by atoms with Gasteiger partial charge in [-0.3, -0.25) is 4.21 Å². The van der Waals surface area contributed by atoms with Crippen molar-refractivity contribution < 1.29 is 4.21 Å². The van der Waals surface area contributed by atoms with E-state index in [1.54, 1.807) is 0 Å². The van der Waals surface area contributed by atoms with Crippen LogP contribution in [0.2, 0.25) is 0 Å². The Balaban J connectivity index is 1.43. The Bertz CT molecular complexity index is 560. The molecular formula is C18H22OS4. The van der Waals surface area contributed by atoms with Gasteiger partial charge in [0.15, 0.2) is 0 Å². The molecule has 0 aliphatic rings. The third kappa shape index (κ3) is 8.34. The summed E-state index contributed by atoms with van der Waals surface area (Å²) in [6, 6.07) is 20.3. The van der Waals surface area contributed by atoms with Crippen LogP contribution in [-0.2, 0) is 10.8 Å². The van der Waals surface area contributed by atoms with Gasteiger partial charge in [-0.05, 0) is 42.9 Å². The molecule has 2 aromatic carbocycles. The highest BCUT2D eigenvalue weighted by atomic mass is 33.1. The van der Waals surface area contributed by atoms with Crippen LogP contribution < -0.4 is 0 Å². The minimum absolute atomic E-state index is 0.765. The van der Waals surface area contributed by atoms with Gasteiger partial charge in [0.05, 0.1) is 10.8 Å². The lowest BCUT2D eigenvalue weighted by atomic mass is 10.4. The largest absolute Gasteiger partial charge is 0.254 e. The minimum atomic E-state index is -0.841. The number of thioether (sulfide) groups is 1. The van der Waals surface area contributed by atoms with Gasteiger partial charge in [-0.2, -0.15) is 0 Å². The highest BCUT2D eigenvalue weighted by molar-refractivity contribution is 8.76. The second-order valence-electron chi connectivity index (χ2n) is 4.88. The first-order valence-electron chi connectivity index (χ1n) is 7.72. The number of hydrogen-bond donors (Lipinski definition) is 0. The van der Waals surface area contributed by atoms with E-state index in [0.29, 0.717) is 0 Å². The maximum absolute atomic E-state index is 12.0. The van der Waals surface area contributed by atoms with Crippen LogP contribution in [0.25, 0.3) is 0 Å². The van der Waals surface area contributed by atoms with Gasteiger partial charge in [-0.1, -0.05) is 58.0 Å². The van der Waals surface area contributed by atoms with Crippen molar-refractivity contribution in [2.24, 2.45) is 0 Å². The maximum Gasteiger partial charge on any atom is 0.0529 e. The summed E-state index contributed by atoms with van der Waals surface area (Å²) < 4.78 is 12.0. The summed E-state index contributed by atoms with van der Waals surface area (Å²) in [5.74, 6) is 4.21. The first-order chi connectivity index (χ1) is 11.4. The van der Waals surface area contributed by atoms with Gasteiger partial charge in [0.2, 0.25) is 0 Å². The zero-order chi connectivity index (χ0) is 16.2. The second-order valence-corrected chi connectivity index (χ2v) is 10.3. The van der Waals surface area contributed by atoms with Gasteiger partial charge in [0.25, 0.3) is 0 Å². The summed E-state index contributed by atoms with van der Waals surface area (Å²) in [4.78, 5) is 2.30. The van der Waals surface area contributed by atoms with Crippen molar-refractivity contribution in [2.45, 2.75) is 22.6 Å². The van der Waals surface area contributed by atoms with Crippen molar-refractivity contribution in [1.82, 2.24) is 0 Å². The van der Waals surface area contributed by atoms with Crippen LogP contribution >= 0.6 is 33.3 Å². The molecular weight excluding hydrogens is 360 g/mol. The van der Waals surface area contributed by atoms with E-state index in [1.807, 2.05) is 63.7 Å². The van der Waals surface area contributed by atoms with E-state index in [4.69, 9.17) is 0 Å². The van der Waals surface area contributed by atoms with Crippen LogP contribution in [0, 0.1) is 0 Å². The molecule has 0 saturated carbocycles. The van der Waals surface area contributed by atoms with Crippen molar-refractivity contribution in [2.75, 3.05) is 23.0 Å². The topological polar surface area (TPSA) is 17.1 Å². The molecule has 124 valence electrons. The Kier molecular flexibility index (Phi) is 9.95. The average Bonchev–Trinajstić information content (AvgIpc) is 2.61. The van der Waals surface area contributed by atoms with E-state index in [1.165, 1.54) is 22.8 Å². The lowest BCUT2D eigenvalue weighted by Crippen LogP contribution is -1.98. The molecule has 0 aliphatic carbocycles. The van der Waals surface area contributed by atoms with Crippen LogP contribution in [0.4, 0.5) is 0 Å². The first-order valence-corrected chi connectivity index (χ1v) is 12.5. The standard InChI is InChI=1S/C18H22OS4/c19-23(18-11-5-2-6-12-18)16-8-15-22-21-14-7-13-20-17-9-3-1-4-10-17/h1-6,9-12H,7-8,13-16H2. The summed E-state index contributed by atoms with van der Waals surface area (Å²) in [6.45, 7) is 0. The van der Waals surface area contributed by atoms with E-state index in [9.17, 15) is 4.21 Å². The smallest absolute Gasteiger partial charge is 0.0529 e. The number of hydrogen-bond acceptors (Lipinski definition) is 4. The van der Waals surface area contributed by atoms with Gasteiger partial charge < -0.3 is 0 Å². The fourth-order valence-electron chi connectivity index (χ4n) is 1.88. The number of rotatable bonds is 11. The van der Waals surface area contributed by atoms with Crippen LogP contribution in [0.1, 0.15) is 12.8 Å². The molecule has 0 amide bonds. The molecule has 1 atom stereocenters. The van der Waals surface area contributed by atoms with Crippen molar-refractivity contribution >= 4 is 44.1 Å².